The normalized spacial score (nSPS) is 17.9. The van der Waals surface area contributed by atoms with Crippen LogP contribution in [0.3, 0.4) is 0 Å². The number of aliphatic imine (C=N–C) groups is 1. The second-order valence-corrected chi connectivity index (χ2v) is 5.15. The van der Waals surface area contributed by atoms with Crippen molar-refractivity contribution in [2.75, 3.05) is 0 Å². The fourth-order valence-corrected chi connectivity index (χ4v) is 2.59. The number of H-pyrrole nitrogens is 1. The lowest BCUT2D eigenvalue weighted by Crippen LogP contribution is -2.20. The molecule has 0 amide bonds. The molecule has 1 aliphatic heterocycles. The fourth-order valence-electron chi connectivity index (χ4n) is 1.43. The maximum atomic E-state index is 6.33. The molecular weight excluding hydrogens is 295 g/mol. The first-order valence-corrected chi connectivity index (χ1v) is 6.49. The van der Waals surface area contributed by atoms with Crippen molar-refractivity contribution in [1.29, 1.82) is 0 Å². The number of fused-ring (bicyclic) bond motifs is 1. The lowest BCUT2D eigenvalue weighted by Gasteiger charge is -2.26. The zero-order chi connectivity index (χ0) is 12.5. The molecule has 6 nitrogen and oxygen atoms in total. The monoisotopic (exact) mass is 300 g/mol. The summed E-state index contributed by atoms with van der Waals surface area (Å²) in [6, 6.07) is 3.47. The molecule has 1 aliphatic rings. The van der Waals surface area contributed by atoms with E-state index in [0.29, 0.717) is 21.7 Å². The van der Waals surface area contributed by atoms with E-state index in [1.165, 1.54) is 18.3 Å². The first-order valence-electron chi connectivity index (χ1n) is 4.90. The standard InChI is InChI=1S/C9H6Cl2N6S/c10-6-2-1-5-7(15-6)8(11)17(4-13-5)18-9-12-3-14-16-9/h1-4,8H,(H,12,14,16). The van der Waals surface area contributed by atoms with Crippen LogP contribution in [-0.2, 0) is 0 Å². The summed E-state index contributed by atoms with van der Waals surface area (Å²) in [7, 11) is 0. The summed E-state index contributed by atoms with van der Waals surface area (Å²) in [4.78, 5) is 12.5. The summed E-state index contributed by atoms with van der Waals surface area (Å²) in [5.41, 5.74) is 0.874. The quantitative estimate of drug-likeness (QED) is 0.400. The topological polar surface area (TPSA) is 70.1 Å². The molecule has 3 rings (SSSR count). The van der Waals surface area contributed by atoms with Gasteiger partial charge in [-0.3, -0.25) is 9.40 Å². The number of aromatic amines is 1. The van der Waals surface area contributed by atoms with Gasteiger partial charge in [0.1, 0.15) is 23.5 Å². The van der Waals surface area contributed by atoms with E-state index in [2.05, 4.69) is 25.2 Å². The van der Waals surface area contributed by atoms with E-state index >= 15 is 0 Å². The van der Waals surface area contributed by atoms with Crippen LogP contribution in [0, 0.1) is 0 Å². The maximum Gasteiger partial charge on any atom is 0.204 e. The van der Waals surface area contributed by atoms with Gasteiger partial charge in [0.15, 0.2) is 5.50 Å². The number of nitrogens with one attached hydrogen (secondary N) is 1. The molecule has 1 N–H and O–H groups in total. The molecule has 92 valence electrons. The summed E-state index contributed by atoms with van der Waals surface area (Å²) >= 11 is 13.5. The second-order valence-electron chi connectivity index (χ2n) is 3.36. The summed E-state index contributed by atoms with van der Waals surface area (Å²) in [6.45, 7) is 0. The first-order chi connectivity index (χ1) is 8.74. The van der Waals surface area contributed by atoms with Crippen molar-refractivity contribution in [2.45, 2.75) is 10.7 Å². The van der Waals surface area contributed by atoms with Crippen LogP contribution in [0.4, 0.5) is 5.69 Å². The number of alkyl halides is 1. The number of pyridine rings is 1. The Labute approximate surface area is 117 Å². The van der Waals surface area contributed by atoms with Crippen molar-refractivity contribution >= 4 is 47.2 Å². The van der Waals surface area contributed by atoms with Gasteiger partial charge in [-0.15, -0.1) is 0 Å². The number of rotatable bonds is 2. The van der Waals surface area contributed by atoms with Gasteiger partial charge in [0, 0.05) is 11.9 Å². The maximum absolute atomic E-state index is 6.33. The smallest absolute Gasteiger partial charge is 0.204 e. The minimum Gasteiger partial charge on any atom is -0.276 e. The molecule has 0 saturated carbocycles. The van der Waals surface area contributed by atoms with Crippen LogP contribution in [0.15, 0.2) is 28.6 Å². The minimum absolute atomic E-state index is 0.390. The van der Waals surface area contributed by atoms with Gasteiger partial charge in [-0.2, -0.15) is 5.10 Å². The van der Waals surface area contributed by atoms with Crippen molar-refractivity contribution in [3.63, 3.8) is 0 Å². The van der Waals surface area contributed by atoms with Crippen molar-refractivity contribution in [2.24, 2.45) is 4.99 Å². The highest BCUT2D eigenvalue weighted by atomic mass is 35.5. The summed E-state index contributed by atoms with van der Waals surface area (Å²) < 4.78 is 1.72. The molecule has 1 atom stereocenters. The Balaban J connectivity index is 1.89. The minimum atomic E-state index is -0.466. The SMILES string of the molecule is Clc1ccc2c(n1)C(Cl)N(Sc1ncn[nH]1)C=N2. The molecule has 0 bridgehead atoms. The predicted molar refractivity (Wildman–Crippen MR) is 70.1 cm³/mol. The van der Waals surface area contributed by atoms with Gasteiger partial charge in [-0.1, -0.05) is 23.2 Å². The highest BCUT2D eigenvalue weighted by Crippen LogP contribution is 2.39. The Morgan fingerprint density at radius 3 is 3.06 bits per heavy atom. The molecule has 0 spiro atoms. The van der Waals surface area contributed by atoms with Crippen LogP contribution >= 0.6 is 35.1 Å². The molecule has 1 unspecified atom stereocenters. The highest BCUT2D eigenvalue weighted by Gasteiger charge is 2.26. The Bertz CT molecular complexity index is 587. The van der Waals surface area contributed by atoms with Crippen LogP contribution in [0.1, 0.15) is 11.2 Å². The molecule has 0 saturated heterocycles. The fraction of sp³-hybridized carbons (Fsp3) is 0.111. The van der Waals surface area contributed by atoms with Gasteiger partial charge >= 0.3 is 0 Å². The number of hydrogen-bond donors (Lipinski definition) is 1. The number of hydrogen-bond acceptors (Lipinski definition) is 6. The van der Waals surface area contributed by atoms with Crippen molar-refractivity contribution in [3.05, 3.63) is 29.3 Å². The largest absolute Gasteiger partial charge is 0.276 e. The Morgan fingerprint density at radius 2 is 2.28 bits per heavy atom. The summed E-state index contributed by atoms with van der Waals surface area (Å²) in [5.74, 6) is 0. The number of halogens is 2. The van der Waals surface area contributed by atoms with Crippen molar-refractivity contribution in [3.8, 4) is 0 Å². The first kappa shape index (κ1) is 11.8. The van der Waals surface area contributed by atoms with E-state index in [4.69, 9.17) is 23.2 Å². The molecule has 0 radical (unpaired) electrons. The van der Waals surface area contributed by atoms with Gasteiger partial charge in [0.2, 0.25) is 5.16 Å². The van der Waals surface area contributed by atoms with Crippen LogP contribution in [-0.4, -0.2) is 30.8 Å². The van der Waals surface area contributed by atoms with Crippen molar-refractivity contribution in [1.82, 2.24) is 24.5 Å². The van der Waals surface area contributed by atoms with Crippen molar-refractivity contribution < 1.29 is 0 Å². The molecule has 9 heteroatoms. The lowest BCUT2D eigenvalue weighted by atomic mass is 10.3. The Morgan fingerprint density at radius 1 is 1.39 bits per heavy atom. The third-order valence-corrected chi connectivity index (χ3v) is 3.84. The molecule has 3 heterocycles. The van der Waals surface area contributed by atoms with E-state index in [9.17, 15) is 0 Å². The number of nitrogens with zero attached hydrogens (tertiary/aromatic N) is 5. The second kappa shape index (κ2) is 4.75. The predicted octanol–water partition coefficient (Wildman–Crippen LogP) is 2.77. The van der Waals surface area contributed by atoms with E-state index in [-0.39, 0.29) is 0 Å². The van der Waals surface area contributed by atoms with Gasteiger partial charge in [-0.05, 0) is 12.1 Å². The molecular formula is C9H6Cl2N6S. The average molecular weight is 301 g/mol. The van der Waals surface area contributed by atoms with Gasteiger partial charge < -0.3 is 0 Å². The number of aromatic nitrogens is 4. The molecule has 0 aliphatic carbocycles. The molecule has 0 fully saturated rings. The third-order valence-electron chi connectivity index (χ3n) is 2.21. The van der Waals surface area contributed by atoms with Crippen LogP contribution in [0.5, 0.6) is 0 Å². The Kier molecular flexibility index (Phi) is 3.11. The summed E-state index contributed by atoms with van der Waals surface area (Å²) in [5, 5.41) is 7.51. The van der Waals surface area contributed by atoms with Crippen LogP contribution in [0.25, 0.3) is 0 Å². The highest BCUT2D eigenvalue weighted by molar-refractivity contribution is 7.97. The Hall–Kier alpha value is -1.31. The van der Waals surface area contributed by atoms with Crippen LogP contribution < -0.4 is 0 Å². The molecule has 0 aromatic carbocycles. The van der Waals surface area contributed by atoms with Crippen LogP contribution in [0.2, 0.25) is 5.15 Å². The zero-order valence-corrected chi connectivity index (χ0v) is 11.1. The van der Waals surface area contributed by atoms with E-state index in [0.717, 1.165) is 0 Å². The summed E-state index contributed by atoms with van der Waals surface area (Å²) in [6.07, 6.45) is 3.05. The third kappa shape index (κ3) is 2.16. The van der Waals surface area contributed by atoms with E-state index < -0.39 is 5.50 Å². The van der Waals surface area contributed by atoms with Gasteiger partial charge in [0.25, 0.3) is 0 Å². The molecule has 18 heavy (non-hydrogen) atoms. The van der Waals surface area contributed by atoms with E-state index in [1.54, 1.807) is 22.8 Å². The molecule has 2 aromatic heterocycles. The van der Waals surface area contributed by atoms with E-state index in [1.807, 2.05) is 0 Å². The molecule has 2 aromatic rings. The van der Waals surface area contributed by atoms with Gasteiger partial charge in [-0.25, -0.2) is 15.0 Å². The zero-order valence-electron chi connectivity index (χ0n) is 8.79. The van der Waals surface area contributed by atoms with Gasteiger partial charge in [0.05, 0.1) is 5.69 Å². The average Bonchev–Trinajstić information content (AvgIpc) is 2.86. The lowest BCUT2D eigenvalue weighted by molar-refractivity contribution is 0.627.